The number of likely N-dealkylation sites (tertiary alicyclic amines) is 1. The number of carbonyl (C=O) groups is 2. The van der Waals surface area contributed by atoms with Crippen LogP contribution in [0.25, 0.3) is 6.08 Å². The minimum atomic E-state index is -0.0680. The van der Waals surface area contributed by atoms with Gasteiger partial charge in [0, 0.05) is 43.7 Å². The number of benzene rings is 1. The molecule has 3 rings (SSSR count). The van der Waals surface area contributed by atoms with Gasteiger partial charge in [0.05, 0.1) is 0 Å². The summed E-state index contributed by atoms with van der Waals surface area (Å²) >= 11 is 0. The fourth-order valence-electron chi connectivity index (χ4n) is 3.66. The molecular weight excluding hydrogens is 398 g/mol. The summed E-state index contributed by atoms with van der Waals surface area (Å²) in [5, 5.41) is 2.93. The average Bonchev–Trinajstić information content (AvgIpc) is 2.79. The fraction of sp³-hybridized carbons (Fsp3) is 0.375. The Morgan fingerprint density at radius 2 is 1.83 bits per heavy atom. The predicted molar refractivity (Wildman–Crippen MR) is 122 cm³/mol. The Kier molecular flexibility index (Phi) is 10.1. The Morgan fingerprint density at radius 1 is 1.07 bits per heavy atom. The third kappa shape index (κ3) is 7.64. The molecule has 0 unspecified atom stereocenters. The van der Waals surface area contributed by atoms with Crippen molar-refractivity contribution in [2.75, 3.05) is 19.6 Å². The van der Waals surface area contributed by atoms with Crippen LogP contribution in [0, 0.1) is 5.92 Å². The Balaban J connectivity index is 0.00000320. The lowest BCUT2D eigenvalue weighted by atomic mass is 9.91. The monoisotopic (exact) mass is 427 g/mol. The first-order valence-electron chi connectivity index (χ1n) is 10.4. The first-order valence-corrected chi connectivity index (χ1v) is 10.4. The summed E-state index contributed by atoms with van der Waals surface area (Å²) in [5.41, 5.74) is 1.69. The molecule has 1 N–H and O–H groups in total. The summed E-state index contributed by atoms with van der Waals surface area (Å²) in [5.74, 6) is 0.753. The smallest absolute Gasteiger partial charge is 0.253 e. The molecule has 0 atom stereocenters. The van der Waals surface area contributed by atoms with Gasteiger partial charge in [0.15, 0.2) is 0 Å². The number of hydrogen-bond donors (Lipinski definition) is 1. The second kappa shape index (κ2) is 12.8. The molecule has 6 heteroatoms. The van der Waals surface area contributed by atoms with E-state index in [2.05, 4.69) is 10.3 Å². The summed E-state index contributed by atoms with van der Waals surface area (Å²) in [7, 11) is 0. The maximum atomic E-state index is 12.5. The molecule has 1 saturated heterocycles. The molecule has 2 aromatic rings. The van der Waals surface area contributed by atoms with E-state index < -0.39 is 0 Å². The number of pyridine rings is 1. The van der Waals surface area contributed by atoms with Crippen molar-refractivity contribution in [1.29, 1.82) is 0 Å². The zero-order chi connectivity index (χ0) is 20.3. The number of aromatic nitrogens is 1. The lowest BCUT2D eigenvalue weighted by molar-refractivity contribution is -0.116. The zero-order valence-electron chi connectivity index (χ0n) is 17.2. The third-order valence-corrected chi connectivity index (χ3v) is 5.37. The predicted octanol–water partition coefficient (Wildman–Crippen LogP) is 4.36. The summed E-state index contributed by atoms with van der Waals surface area (Å²) in [4.78, 5) is 30.3. The molecule has 2 heterocycles. The van der Waals surface area contributed by atoms with Crippen LogP contribution in [-0.2, 0) is 4.79 Å². The molecule has 1 aliphatic heterocycles. The van der Waals surface area contributed by atoms with Crippen molar-refractivity contribution < 1.29 is 9.59 Å². The van der Waals surface area contributed by atoms with E-state index in [0.717, 1.165) is 56.3 Å². The molecule has 0 bridgehead atoms. The van der Waals surface area contributed by atoms with Gasteiger partial charge in [-0.15, -0.1) is 12.4 Å². The van der Waals surface area contributed by atoms with Crippen LogP contribution in [0.2, 0.25) is 0 Å². The second-order valence-corrected chi connectivity index (χ2v) is 7.51. The number of unbranched alkanes of at least 4 members (excludes halogenated alkanes) is 1. The van der Waals surface area contributed by atoms with Gasteiger partial charge in [0.25, 0.3) is 5.91 Å². The lowest BCUT2D eigenvalue weighted by Gasteiger charge is -2.32. The number of hydrogen-bond acceptors (Lipinski definition) is 3. The number of halogens is 1. The Labute approximate surface area is 185 Å². The maximum Gasteiger partial charge on any atom is 0.253 e. The van der Waals surface area contributed by atoms with Crippen LogP contribution in [0.1, 0.15) is 48.0 Å². The molecule has 0 saturated carbocycles. The van der Waals surface area contributed by atoms with Crippen LogP contribution in [0.3, 0.4) is 0 Å². The summed E-state index contributed by atoms with van der Waals surface area (Å²) in [6.45, 7) is 2.38. The minimum absolute atomic E-state index is 0. The van der Waals surface area contributed by atoms with E-state index in [-0.39, 0.29) is 24.2 Å². The molecule has 0 spiro atoms. The first kappa shape index (κ1) is 23.6. The Hall–Kier alpha value is -2.66. The molecule has 30 heavy (non-hydrogen) atoms. The zero-order valence-corrected chi connectivity index (χ0v) is 18.0. The van der Waals surface area contributed by atoms with Crippen molar-refractivity contribution in [2.24, 2.45) is 5.92 Å². The van der Waals surface area contributed by atoms with Gasteiger partial charge >= 0.3 is 0 Å². The molecular formula is C24H30ClN3O2. The van der Waals surface area contributed by atoms with E-state index in [0.29, 0.717) is 12.5 Å². The molecule has 1 aromatic heterocycles. The van der Waals surface area contributed by atoms with Crippen molar-refractivity contribution >= 4 is 30.3 Å². The van der Waals surface area contributed by atoms with E-state index in [1.165, 1.54) is 0 Å². The summed E-state index contributed by atoms with van der Waals surface area (Å²) in [6, 6.07) is 13.3. The van der Waals surface area contributed by atoms with Crippen LogP contribution in [0.5, 0.6) is 0 Å². The van der Waals surface area contributed by atoms with E-state index in [1.54, 1.807) is 24.5 Å². The molecule has 1 aromatic carbocycles. The third-order valence-electron chi connectivity index (χ3n) is 5.37. The van der Waals surface area contributed by atoms with Crippen molar-refractivity contribution in [2.45, 2.75) is 32.1 Å². The molecule has 0 radical (unpaired) electrons. The summed E-state index contributed by atoms with van der Waals surface area (Å²) < 4.78 is 0. The normalized spacial score (nSPS) is 14.3. The SMILES string of the molecule is Cl.O=C(/C=C/c1cccnc1)NCCCCC1CCN(C(=O)c2ccccc2)CC1. The number of nitrogens with one attached hydrogen (secondary N) is 1. The molecule has 1 aliphatic rings. The molecule has 160 valence electrons. The summed E-state index contributed by atoms with van der Waals surface area (Å²) in [6.07, 6.45) is 12.1. The van der Waals surface area contributed by atoms with E-state index in [9.17, 15) is 9.59 Å². The number of carbonyl (C=O) groups excluding carboxylic acids is 2. The molecule has 0 aliphatic carbocycles. The van der Waals surface area contributed by atoms with Crippen molar-refractivity contribution in [3.8, 4) is 0 Å². The lowest BCUT2D eigenvalue weighted by Crippen LogP contribution is -2.38. The molecule has 5 nitrogen and oxygen atoms in total. The van der Waals surface area contributed by atoms with E-state index in [4.69, 9.17) is 0 Å². The average molecular weight is 428 g/mol. The van der Waals surface area contributed by atoms with Gasteiger partial charge in [-0.2, -0.15) is 0 Å². The van der Waals surface area contributed by atoms with Gasteiger partial charge in [-0.1, -0.05) is 37.1 Å². The van der Waals surface area contributed by atoms with E-state index in [1.807, 2.05) is 47.4 Å². The van der Waals surface area contributed by atoms with Gasteiger partial charge in [-0.3, -0.25) is 14.6 Å². The largest absolute Gasteiger partial charge is 0.353 e. The van der Waals surface area contributed by atoms with Gasteiger partial charge in [-0.25, -0.2) is 0 Å². The number of rotatable bonds is 8. The number of amides is 2. The highest BCUT2D eigenvalue weighted by Gasteiger charge is 2.23. The molecule has 1 fully saturated rings. The van der Waals surface area contributed by atoms with Gasteiger partial charge in [0.2, 0.25) is 5.91 Å². The number of nitrogens with zero attached hydrogens (tertiary/aromatic N) is 2. The Morgan fingerprint density at radius 3 is 2.53 bits per heavy atom. The van der Waals surface area contributed by atoms with Crippen LogP contribution < -0.4 is 5.32 Å². The minimum Gasteiger partial charge on any atom is -0.353 e. The Bertz CT molecular complexity index is 804. The molecule has 2 amide bonds. The van der Waals surface area contributed by atoms with Gasteiger partial charge in [-0.05, 0) is 55.0 Å². The van der Waals surface area contributed by atoms with Crippen molar-refractivity contribution in [3.05, 3.63) is 72.1 Å². The van der Waals surface area contributed by atoms with Gasteiger partial charge in [0.1, 0.15) is 0 Å². The van der Waals surface area contributed by atoms with Crippen LogP contribution in [-0.4, -0.2) is 41.3 Å². The second-order valence-electron chi connectivity index (χ2n) is 7.51. The number of piperidine rings is 1. The van der Waals surface area contributed by atoms with Crippen LogP contribution in [0.15, 0.2) is 60.9 Å². The highest BCUT2D eigenvalue weighted by atomic mass is 35.5. The van der Waals surface area contributed by atoms with Crippen LogP contribution >= 0.6 is 12.4 Å². The highest BCUT2D eigenvalue weighted by molar-refractivity contribution is 5.94. The van der Waals surface area contributed by atoms with Crippen molar-refractivity contribution in [1.82, 2.24) is 15.2 Å². The maximum absolute atomic E-state index is 12.5. The highest BCUT2D eigenvalue weighted by Crippen LogP contribution is 2.23. The van der Waals surface area contributed by atoms with Gasteiger partial charge < -0.3 is 10.2 Å². The van der Waals surface area contributed by atoms with Crippen LogP contribution in [0.4, 0.5) is 0 Å². The van der Waals surface area contributed by atoms with E-state index >= 15 is 0 Å². The quantitative estimate of drug-likeness (QED) is 0.503. The van der Waals surface area contributed by atoms with Crippen molar-refractivity contribution in [3.63, 3.8) is 0 Å². The first-order chi connectivity index (χ1) is 14.2. The fourth-order valence-corrected chi connectivity index (χ4v) is 3.66. The topological polar surface area (TPSA) is 62.3 Å². The standard InChI is InChI=1S/C24H29N3O2.ClH/c28-23(12-11-21-8-6-15-25-19-21)26-16-5-4-7-20-13-17-27(18-14-20)24(29)22-9-2-1-3-10-22;/h1-3,6,8-12,15,19-20H,4-5,7,13-14,16-18H2,(H,26,28);1H/b12-11+;.